The summed E-state index contributed by atoms with van der Waals surface area (Å²) in [6.07, 6.45) is 3.03. The Hall–Kier alpha value is -1.90. The van der Waals surface area contributed by atoms with Crippen molar-refractivity contribution in [1.82, 2.24) is 9.91 Å². The van der Waals surface area contributed by atoms with Crippen molar-refractivity contribution in [3.63, 3.8) is 0 Å². The number of nitrogens with zero attached hydrogens (tertiary/aromatic N) is 5. The molecule has 0 radical (unpaired) electrons. The molecule has 4 rings (SSSR count). The maximum Gasteiger partial charge on any atom is 0.257 e. The number of aliphatic imine (C=N–C) groups is 2. The van der Waals surface area contributed by atoms with Gasteiger partial charge in [0, 0.05) is 31.2 Å². The molecule has 4 heterocycles. The lowest BCUT2D eigenvalue weighted by molar-refractivity contribution is -0.132. The second-order valence-electron chi connectivity index (χ2n) is 8.21. The first kappa shape index (κ1) is 19.4. The lowest BCUT2D eigenvalue weighted by Gasteiger charge is -2.34. The molecule has 0 aromatic rings. The smallest absolute Gasteiger partial charge is 0.257 e. The average Bonchev–Trinajstić information content (AvgIpc) is 3.25. The number of ether oxygens (including phenoxy) is 1. The van der Waals surface area contributed by atoms with E-state index in [1.54, 1.807) is 18.2 Å². The predicted octanol–water partition coefficient (Wildman–Crippen LogP) is 1.34. The standard InChI is InChI=1S/C19H27F2N5O2/c1-11-3-15(12-4-14(28-2)7-22-5-12)24-16-9-26(19(27)18(11)16)13-6-23-25(8-13)10-17(20)21/h5-6,11-15,17-18H,3-4,7-10H2,1-2H3. The van der Waals surface area contributed by atoms with Gasteiger partial charge in [-0.1, -0.05) is 6.92 Å². The number of methoxy groups -OCH3 is 1. The first-order valence-electron chi connectivity index (χ1n) is 9.93. The molecule has 0 aliphatic carbocycles. The molecule has 9 heteroatoms. The van der Waals surface area contributed by atoms with E-state index in [1.807, 2.05) is 6.21 Å². The Labute approximate surface area is 163 Å². The van der Waals surface area contributed by atoms with E-state index in [2.05, 4.69) is 17.0 Å². The molecule has 6 atom stereocenters. The second-order valence-corrected chi connectivity index (χ2v) is 8.21. The van der Waals surface area contributed by atoms with Crippen LogP contribution in [0, 0.1) is 17.8 Å². The topological polar surface area (TPSA) is 69.9 Å². The van der Waals surface area contributed by atoms with E-state index in [4.69, 9.17) is 9.73 Å². The van der Waals surface area contributed by atoms with Gasteiger partial charge in [-0.15, -0.1) is 0 Å². The molecule has 0 aromatic carbocycles. The molecule has 28 heavy (non-hydrogen) atoms. The van der Waals surface area contributed by atoms with E-state index < -0.39 is 13.0 Å². The summed E-state index contributed by atoms with van der Waals surface area (Å²) >= 11 is 0. The molecule has 0 aromatic heterocycles. The average molecular weight is 395 g/mol. The van der Waals surface area contributed by atoms with Crippen LogP contribution in [0.1, 0.15) is 19.8 Å². The van der Waals surface area contributed by atoms with E-state index in [0.717, 1.165) is 18.6 Å². The van der Waals surface area contributed by atoms with Crippen molar-refractivity contribution >= 4 is 24.0 Å². The van der Waals surface area contributed by atoms with Gasteiger partial charge in [0.2, 0.25) is 5.91 Å². The summed E-state index contributed by atoms with van der Waals surface area (Å²) in [6.45, 7) is 3.17. The Balaban J connectivity index is 1.46. The van der Waals surface area contributed by atoms with E-state index in [-0.39, 0.29) is 41.8 Å². The molecule has 1 saturated heterocycles. The molecule has 0 bridgehead atoms. The minimum atomic E-state index is -2.44. The fraction of sp³-hybridized carbons (Fsp3) is 0.789. The van der Waals surface area contributed by atoms with E-state index in [1.165, 1.54) is 5.01 Å². The van der Waals surface area contributed by atoms with Gasteiger partial charge in [0.25, 0.3) is 6.43 Å². The molecule has 7 nitrogen and oxygen atoms in total. The van der Waals surface area contributed by atoms with Crippen LogP contribution in [0.3, 0.4) is 0 Å². The number of hydrazone groups is 1. The number of carbonyl (C=O) groups excluding carboxylic acids is 1. The third kappa shape index (κ3) is 3.68. The fourth-order valence-electron chi connectivity index (χ4n) is 4.82. The predicted molar refractivity (Wildman–Crippen MR) is 102 cm³/mol. The van der Waals surface area contributed by atoms with Gasteiger partial charge in [0.05, 0.1) is 50.3 Å². The Morgan fingerprint density at radius 1 is 1.32 bits per heavy atom. The minimum absolute atomic E-state index is 0.0483. The van der Waals surface area contributed by atoms with Crippen LogP contribution >= 0.6 is 0 Å². The zero-order valence-electron chi connectivity index (χ0n) is 16.2. The van der Waals surface area contributed by atoms with Crippen LogP contribution in [0.25, 0.3) is 0 Å². The summed E-state index contributed by atoms with van der Waals surface area (Å²) in [4.78, 5) is 24.2. The highest BCUT2D eigenvalue weighted by molar-refractivity contribution is 6.12. The maximum absolute atomic E-state index is 13.0. The Morgan fingerprint density at radius 2 is 2.14 bits per heavy atom. The first-order valence-corrected chi connectivity index (χ1v) is 9.93. The molecule has 0 spiro atoms. The van der Waals surface area contributed by atoms with Gasteiger partial charge in [-0.05, 0) is 18.8 Å². The third-order valence-corrected chi connectivity index (χ3v) is 6.27. The van der Waals surface area contributed by atoms with Gasteiger partial charge in [-0.2, -0.15) is 5.10 Å². The minimum Gasteiger partial charge on any atom is -0.380 e. The molecule has 4 aliphatic rings. The summed E-state index contributed by atoms with van der Waals surface area (Å²) in [5.41, 5.74) is 0.919. The summed E-state index contributed by atoms with van der Waals surface area (Å²) < 4.78 is 30.7. The fourth-order valence-corrected chi connectivity index (χ4v) is 4.82. The van der Waals surface area contributed by atoms with Crippen molar-refractivity contribution < 1.29 is 18.3 Å². The van der Waals surface area contributed by atoms with Crippen molar-refractivity contribution in [1.29, 1.82) is 0 Å². The number of carbonyl (C=O) groups is 1. The maximum atomic E-state index is 13.0. The van der Waals surface area contributed by atoms with Crippen LogP contribution in [-0.2, 0) is 9.53 Å². The molecule has 1 fully saturated rings. The lowest BCUT2D eigenvalue weighted by Crippen LogP contribution is -2.42. The van der Waals surface area contributed by atoms with Crippen LogP contribution in [0.5, 0.6) is 0 Å². The zero-order valence-corrected chi connectivity index (χ0v) is 16.2. The van der Waals surface area contributed by atoms with Crippen LogP contribution in [0.2, 0.25) is 0 Å². The molecular weight excluding hydrogens is 368 g/mol. The molecule has 154 valence electrons. The highest BCUT2D eigenvalue weighted by Crippen LogP contribution is 2.36. The highest BCUT2D eigenvalue weighted by Gasteiger charge is 2.47. The quantitative estimate of drug-likeness (QED) is 0.705. The van der Waals surface area contributed by atoms with Gasteiger partial charge in [0.15, 0.2) is 0 Å². The molecule has 6 unspecified atom stereocenters. The number of fused-ring (bicyclic) bond motifs is 1. The Kier molecular flexibility index (Phi) is 5.44. The summed E-state index contributed by atoms with van der Waals surface area (Å²) in [6, 6.07) is -0.150. The van der Waals surface area contributed by atoms with Crippen molar-refractivity contribution in [3.05, 3.63) is 0 Å². The molecule has 0 N–H and O–H groups in total. The van der Waals surface area contributed by atoms with Crippen molar-refractivity contribution in [2.24, 2.45) is 32.8 Å². The van der Waals surface area contributed by atoms with Crippen molar-refractivity contribution in [2.45, 2.75) is 44.4 Å². The second kappa shape index (κ2) is 7.85. The largest absolute Gasteiger partial charge is 0.380 e. The third-order valence-electron chi connectivity index (χ3n) is 6.27. The molecular formula is C19H27F2N5O2. The molecule has 1 amide bonds. The summed E-state index contributed by atoms with van der Waals surface area (Å²) in [7, 11) is 1.71. The number of rotatable bonds is 5. The van der Waals surface area contributed by atoms with E-state index in [0.29, 0.717) is 19.6 Å². The van der Waals surface area contributed by atoms with E-state index >= 15 is 0 Å². The zero-order chi connectivity index (χ0) is 19.8. The number of hydrogen-bond acceptors (Lipinski definition) is 6. The van der Waals surface area contributed by atoms with Crippen molar-refractivity contribution in [2.75, 3.05) is 33.3 Å². The summed E-state index contributed by atoms with van der Waals surface area (Å²) in [5, 5.41) is 5.38. The first-order chi connectivity index (χ1) is 13.5. The number of amides is 1. The highest BCUT2D eigenvalue weighted by atomic mass is 19.3. The number of halogens is 2. The van der Waals surface area contributed by atoms with Crippen LogP contribution in [0.15, 0.2) is 15.1 Å². The molecule has 0 saturated carbocycles. The van der Waals surface area contributed by atoms with Gasteiger partial charge in [0.1, 0.15) is 0 Å². The number of hydrogen-bond donors (Lipinski definition) is 0. The van der Waals surface area contributed by atoms with Crippen LogP contribution in [0.4, 0.5) is 8.78 Å². The van der Waals surface area contributed by atoms with Gasteiger partial charge in [-0.25, -0.2) is 8.78 Å². The monoisotopic (exact) mass is 395 g/mol. The normalized spacial score (nSPS) is 37.8. The van der Waals surface area contributed by atoms with Crippen LogP contribution < -0.4 is 0 Å². The van der Waals surface area contributed by atoms with Gasteiger partial charge >= 0.3 is 0 Å². The number of alkyl halides is 2. The SMILES string of the molecule is COC1CN=CC(C2CC(C)C3C(=O)N(C4C=NN(CC(F)F)C4)CC3=N2)C1. The van der Waals surface area contributed by atoms with Gasteiger partial charge < -0.3 is 9.64 Å². The Morgan fingerprint density at radius 3 is 2.89 bits per heavy atom. The van der Waals surface area contributed by atoms with Gasteiger partial charge in [-0.3, -0.25) is 19.8 Å². The lowest BCUT2D eigenvalue weighted by atomic mass is 9.78. The molecule has 4 aliphatic heterocycles. The summed E-state index contributed by atoms with van der Waals surface area (Å²) in [5.74, 6) is 0.273. The Bertz CT molecular complexity index is 698. The van der Waals surface area contributed by atoms with Crippen molar-refractivity contribution in [3.8, 4) is 0 Å². The number of likely N-dealkylation sites (tertiary alicyclic amines) is 1. The van der Waals surface area contributed by atoms with Crippen LogP contribution in [-0.4, -0.2) is 91.9 Å². The van der Waals surface area contributed by atoms with E-state index in [9.17, 15) is 13.6 Å².